The molecule has 1 aromatic carbocycles. The lowest BCUT2D eigenvalue weighted by molar-refractivity contribution is 0.101. The smallest absolute Gasteiger partial charge is 0.162 e. The van der Waals surface area contributed by atoms with Gasteiger partial charge in [-0.25, -0.2) is 4.39 Å². The van der Waals surface area contributed by atoms with E-state index in [0.717, 1.165) is 11.3 Å². The molecular formula is C18H17FN4O. The fourth-order valence-corrected chi connectivity index (χ4v) is 2.75. The van der Waals surface area contributed by atoms with Crippen molar-refractivity contribution in [3.63, 3.8) is 0 Å². The highest BCUT2D eigenvalue weighted by Gasteiger charge is 2.27. The molecule has 0 spiro atoms. The zero-order valence-electron chi connectivity index (χ0n) is 13.1. The molecule has 1 atom stereocenters. The number of hydrogen-bond acceptors (Lipinski definition) is 5. The number of halogens is 1. The van der Waals surface area contributed by atoms with E-state index >= 15 is 0 Å². The fraction of sp³-hybridized carbons (Fsp3) is 0.111. The summed E-state index contributed by atoms with van der Waals surface area (Å²) in [5.41, 5.74) is 8.44. The van der Waals surface area contributed by atoms with Crippen LogP contribution >= 0.6 is 0 Å². The molecule has 0 saturated heterocycles. The number of nitrogens with zero attached hydrogens (tertiary/aromatic N) is 1. The lowest BCUT2D eigenvalue weighted by Gasteiger charge is -2.28. The topological polar surface area (TPSA) is 82.2 Å². The number of nitrogens with one attached hydrogen (secondary N) is 2. The van der Waals surface area contributed by atoms with Gasteiger partial charge in [-0.05, 0) is 25.1 Å². The minimum atomic E-state index is -0.539. The van der Waals surface area contributed by atoms with E-state index < -0.39 is 5.82 Å². The summed E-state index contributed by atoms with van der Waals surface area (Å²) >= 11 is 0. The number of Topliss-reactive ketones (excluding diaryl/α,β-unsaturated/α-hetero) is 1. The Kier molecular flexibility index (Phi) is 4.04. The monoisotopic (exact) mass is 324 g/mol. The second-order valence-corrected chi connectivity index (χ2v) is 5.51. The molecular weight excluding hydrogens is 307 g/mol. The predicted molar refractivity (Wildman–Crippen MR) is 91.4 cm³/mol. The summed E-state index contributed by atoms with van der Waals surface area (Å²) in [5.74, 6) is -0.842. The van der Waals surface area contributed by atoms with Crippen molar-refractivity contribution >= 4 is 17.7 Å². The normalized spacial score (nSPS) is 19.3. The summed E-state index contributed by atoms with van der Waals surface area (Å²) in [7, 11) is 0. The minimum absolute atomic E-state index is 0.0776. The quantitative estimate of drug-likeness (QED) is 0.587. The number of rotatable bonds is 4. The highest BCUT2D eigenvalue weighted by molar-refractivity contribution is 5.94. The van der Waals surface area contributed by atoms with Crippen LogP contribution < -0.4 is 11.1 Å². The number of allylic oxidation sites excluding steroid dienone is 3. The van der Waals surface area contributed by atoms with Gasteiger partial charge < -0.3 is 21.4 Å². The van der Waals surface area contributed by atoms with Crippen molar-refractivity contribution in [3.05, 3.63) is 77.0 Å². The van der Waals surface area contributed by atoms with E-state index in [9.17, 15) is 9.18 Å². The molecule has 0 radical (unpaired) electrons. The molecule has 0 amide bonds. The van der Waals surface area contributed by atoms with Gasteiger partial charge in [0.15, 0.2) is 5.78 Å². The Bertz CT molecular complexity index is 835. The van der Waals surface area contributed by atoms with Gasteiger partial charge in [0.05, 0.1) is 11.3 Å². The van der Waals surface area contributed by atoms with Crippen molar-refractivity contribution < 1.29 is 9.18 Å². The third-order valence-electron chi connectivity index (χ3n) is 4.02. The van der Waals surface area contributed by atoms with Gasteiger partial charge in [-0.3, -0.25) is 4.79 Å². The molecule has 5 nitrogen and oxygen atoms in total. The summed E-state index contributed by atoms with van der Waals surface area (Å²) in [6, 6.07) is 4.57. The van der Waals surface area contributed by atoms with Crippen LogP contribution in [0.5, 0.6) is 0 Å². The molecule has 0 aliphatic carbocycles. The van der Waals surface area contributed by atoms with E-state index in [1.807, 2.05) is 23.3 Å². The standard InChI is InChI=1S/C18H17FN4O/c1-11(24)15-4-2-12(6-16(15)19)17-9-22-18-5-3-13(10-23(17)18)14(7-20)8-21/h2-10,18,20,22H,21H2,1H3/b14-8+,20-7?. The van der Waals surface area contributed by atoms with E-state index in [1.165, 1.54) is 31.5 Å². The van der Waals surface area contributed by atoms with Crippen LogP contribution in [0.4, 0.5) is 4.39 Å². The molecule has 3 rings (SSSR count). The maximum Gasteiger partial charge on any atom is 0.162 e. The lowest BCUT2D eigenvalue weighted by atomic mass is 10.0. The van der Waals surface area contributed by atoms with Gasteiger partial charge in [0.25, 0.3) is 0 Å². The third-order valence-corrected chi connectivity index (χ3v) is 4.02. The third kappa shape index (κ3) is 2.62. The molecule has 4 N–H and O–H groups in total. The van der Waals surface area contributed by atoms with Crippen molar-refractivity contribution in [2.75, 3.05) is 0 Å². The number of carbonyl (C=O) groups is 1. The van der Waals surface area contributed by atoms with Gasteiger partial charge in [-0.2, -0.15) is 0 Å². The number of ketones is 1. The Hall–Kier alpha value is -3.15. The first-order valence-corrected chi connectivity index (χ1v) is 7.43. The van der Waals surface area contributed by atoms with Crippen LogP contribution in [-0.2, 0) is 0 Å². The highest BCUT2D eigenvalue weighted by Crippen LogP contribution is 2.31. The van der Waals surface area contributed by atoms with Gasteiger partial charge in [0.1, 0.15) is 12.0 Å². The molecule has 2 aliphatic heterocycles. The summed E-state index contributed by atoms with van der Waals surface area (Å²) in [4.78, 5) is 13.3. The zero-order valence-corrected chi connectivity index (χ0v) is 13.1. The molecule has 1 unspecified atom stereocenters. The van der Waals surface area contributed by atoms with Crippen LogP contribution in [0.1, 0.15) is 22.8 Å². The second kappa shape index (κ2) is 6.16. The van der Waals surface area contributed by atoms with Gasteiger partial charge >= 0.3 is 0 Å². The number of carbonyl (C=O) groups excluding carboxylic acids is 1. The second-order valence-electron chi connectivity index (χ2n) is 5.51. The van der Waals surface area contributed by atoms with Gasteiger partial charge in [0, 0.05) is 41.5 Å². The largest absolute Gasteiger partial charge is 0.404 e. The van der Waals surface area contributed by atoms with Gasteiger partial charge in [0.2, 0.25) is 0 Å². The van der Waals surface area contributed by atoms with E-state index in [2.05, 4.69) is 5.32 Å². The van der Waals surface area contributed by atoms with E-state index in [4.69, 9.17) is 11.1 Å². The first-order valence-electron chi connectivity index (χ1n) is 7.43. The van der Waals surface area contributed by atoms with Crippen LogP contribution in [0.15, 0.2) is 60.1 Å². The fourth-order valence-electron chi connectivity index (χ4n) is 2.75. The summed E-state index contributed by atoms with van der Waals surface area (Å²) in [6.45, 7) is 1.34. The van der Waals surface area contributed by atoms with Crippen molar-refractivity contribution in [2.24, 2.45) is 5.73 Å². The first-order chi connectivity index (χ1) is 11.5. The van der Waals surface area contributed by atoms with Crippen LogP contribution in [0, 0.1) is 11.2 Å². The summed E-state index contributed by atoms with van der Waals surface area (Å²) in [5, 5.41) is 10.6. The average molecular weight is 324 g/mol. The van der Waals surface area contributed by atoms with E-state index in [-0.39, 0.29) is 17.5 Å². The SMILES string of the molecule is CC(=O)c1ccc(C2=CNC3C=CC(/C(C=N)=C/N)=CN23)cc1F. The van der Waals surface area contributed by atoms with Crippen molar-refractivity contribution in [1.82, 2.24) is 10.2 Å². The van der Waals surface area contributed by atoms with Crippen LogP contribution in [0.25, 0.3) is 5.70 Å². The van der Waals surface area contributed by atoms with E-state index in [0.29, 0.717) is 11.1 Å². The molecule has 24 heavy (non-hydrogen) atoms. The Balaban J connectivity index is 1.96. The number of benzene rings is 1. The number of nitrogens with two attached hydrogens (primary N) is 1. The summed E-state index contributed by atoms with van der Waals surface area (Å²) in [6.07, 6.45) is 9.95. The van der Waals surface area contributed by atoms with Gasteiger partial charge in [-0.1, -0.05) is 12.1 Å². The molecule has 1 aromatic rings. The van der Waals surface area contributed by atoms with Crippen molar-refractivity contribution in [3.8, 4) is 0 Å². The molecule has 122 valence electrons. The highest BCUT2D eigenvalue weighted by atomic mass is 19.1. The van der Waals surface area contributed by atoms with Crippen LogP contribution in [-0.4, -0.2) is 23.1 Å². The number of fused-ring (bicyclic) bond motifs is 1. The van der Waals surface area contributed by atoms with Crippen LogP contribution in [0.3, 0.4) is 0 Å². The van der Waals surface area contributed by atoms with E-state index in [1.54, 1.807) is 12.3 Å². The Morgan fingerprint density at radius 3 is 2.88 bits per heavy atom. The lowest BCUT2D eigenvalue weighted by Crippen LogP contribution is -2.33. The predicted octanol–water partition coefficient (Wildman–Crippen LogP) is 2.50. The first kappa shape index (κ1) is 15.7. The number of hydrogen-bond donors (Lipinski definition) is 3. The molecule has 0 fully saturated rings. The molecule has 0 aromatic heterocycles. The summed E-state index contributed by atoms with van der Waals surface area (Å²) < 4.78 is 14.1. The molecule has 0 bridgehead atoms. The average Bonchev–Trinajstić information content (AvgIpc) is 2.99. The Labute approximate surface area is 139 Å². The van der Waals surface area contributed by atoms with Crippen molar-refractivity contribution in [1.29, 1.82) is 5.41 Å². The zero-order chi connectivity index (χ0) is 17.3. The minimum Gasteiger partial charge on any atom is -0.404 e. The molecule has 2 aliphatic rings. The Morgan fingerprint density at radius 1 is 1.46 bits per heavy atom. The van der Waals surface area contributed by atoms with Crippen molar-refractivity contribution in [2.45, 2.75) is 13.1 Å². The Morgan fingerprint density at radius 2 is 2.25 bits per heavy atom. The van der Waals surface area contributed by atoms with Crippen LogP contribution in [0.2, 0.25) is 0 Å². The molecule has 0 saturated carbocycles. The maximum absolute atomic E-state index is 14.1. The maximum atomic E-state index is 14.1. The molecule has 2 heterocycles. The molecule has 6 heteroatoms. The van der Waals surface area contributed by atoms with Gasteiger partial charge in [-0.15, -0.1) is 0 Å².